The van der Waals surface area contributed by atoms with E-state index in [-0.39, 0.29) is 5.56 Å². The number of aryl methyl sites for hydroxylation is 1. The van der Waals surface area contributed by atoms with Gasteiger partial charge in [-0.1, -0.05) is 4.40 Å². The zero-order valence-corrected chi connectivity index (χ0v) is 18.6. The van der Waals surface area contributed by atoms with Crippen molar-refractivity contribution in [2.45, 2.75) is 64.7 Å². The highest BCUT2D eigenvalue weighted by molar-refractivity contribution is 7.91. The van der Waals surface area contributed by atoms with E-state index in [0.29, 0.717) is 29.0 Å². The Morgan fingerprint density at radius 3 is 2.64 bits per heavy atom. The van der Waals surface area contributed by atoms with Gasteiger partial charge < -0.3 is 9.29 Å². The van der Waals surface area contributed by atoms with Gasteiger partial charge in [-0.25, -0.2) is 4.98 Å². The maximum absolute atomic E-state index is 13.1. The average Bonchev–Trinajstić information content (AvgIpc) is 3.04. The summed E-state index contributed by atoms with van der Waals surface area (Å²) in [7, 11) is 1.74. The maximum atomic E-state index is 13.1. The van der Waals surface area contributed by atoms with E-state index < -0.39 is 21.7 Å². The van der Waals surface area contributed by atoms with Gasteiger partial charge in [0.15, 0.2) is 0 Å². The van der Waals surface area contributed by atoms with Gasteiger partial charge in [0.1, 0.15) is 27.5 Å². The number of aromatic nitrogens is 2. The van der Waals surface area contributed by atoms with Crippen LogP contribution in [0.3, 0.4) is 0 Å². The SMILES string of the molecule is CC(=N[S@+]([O-])C(C)(C)C)c1cc(C)cc2c(=O)n(C)c(C3(C)CCCO3)nc12. The summed E-state index contributed by atoms with van der Waals surface area (Å²) in [4.78, 5) is 18.0. The van der Waals surface area contributed by atoms with Gasteiger partial charge in [0.05, 0.1) is 16.6 Å². The lowest BCUT2D eigenvalue weighted by Gasteiger charge is -2.25. The van der Waals surface area contributed by atoms with Crippen LogP contribution >= 0.6 is 0 Å². The standard InChI is InChI=1S/C21H29N3O3S/c1-13-11-15(14(2)23-28(26)20(3,4)5)17-16(12-13)18(25)24(7)19(22-17)21(6)9-8-10-27-21/h11-12H,8-10H2,1-7H3/t21?,28-/m1/s1. The molecule has 0 saturated carbocycles. The Morgan fingerprint density at radius 2 is 2.07 bits per heavy atom. The molecule has 0 aliphatic carbocycles. The van der Waals surface area contributed by atoms with Crippen LogP contribution in [0.15, 0.2) is 21.3 Å². The molecule has 28 heavy (non-hydrogen) atoms. The Labute approximate surface area is 169 Å². The smallest absolute Gasteiger partial charge is 0.261 e. The summed E-state index contributed by atoms with van der Waals surface area (Å²) in [6, 6.07) is 3.80. The van der Waals surface area contributed by atoms with Crippen LogP contribution in [0, 0.1) is 6.92 Å². The van der Waals surface area contributed by atoms with Crippen LogP contribution in [0.4, 0.5) is 0 Å². The highest BCUT2D eigenvalue weighted by Crippen LogP contribution is 2.34. The molecule has 0 radical (unpaired) electrons. The first kappa shape index (κ1) is 21.0. The first-order valence-electron chi connectivity index (χ1n) is 9.57. The molecule has 0 amide bonds. The predicted molar refractivity (Wildman–Crippen MR) is 114 cm³/mol. The molecule has 1 aliphatic heterocycles. The van der Waals surface area contributed by atoms with E-state index in [0.717, 1.165) is 24.0 Å². The van der Waals surface area contributed by atoms with E-state index in [2.05, 4.69) is 4.40 Å². The van der Waals surface area contributed by atoms with Crippen molar-refractivity contribution in [3.8, 4) is 0 Å². The number of rotatable bonds is 3. The minimum Gasteiger partial charge on any atom is -0.591 e. The molecule has 2 aromatic rings. The van der Waals surface area contributed by atoms with Crippen molar-refractivity contribution in [2.75, 3.05) is 6.61 Å². The summed E-state index contributed by atoms with van der Waals surface area (Å²) in [6.07, 6.45) is 1.76. The van der Waals surface area contributed by atoms with Crippen molar-refractivity contribution in [2.24, 2.45) is 11.4 Å². The zero-order chi connectivity index (χ0) is 20.9. The van der Waals surface area contributed by atoms with E-state index in [1.807, 2.05) is 53.7 Å². The van der Waals surface area contributed by atoms with Gasteiger partial charge in [-0.15, -0.1) is 0 Å². The second-order valence-corrected chi connectivity index (χ2v) is 10.6. The molecular weight excluding hydrogens is 374 g/mol. The average molecular weight is 404 g/mol. The maximum Gasteiger partial charge on any atom is 0.261 e. The van der Waals surface area contributed by atoms with Crippen LogP contribution in [0.1, 0.15) is 64.4 Å². The molecule has 3 rings (SSSR count). The number of hydrogen-bond donors (Lipinski definition) is 0. The zero-order valence-electron chi connectivity index (χ0n) is 17.8. The van der Waals surface area contributed by atoms with E-state index >= 15 is 0 Å². The van der Waals surface area contributed by atoms with Gasteiger partial charge in [-0.3, -0.25) is 9.36 Å². The lowest BCUT2D eigenvalue weighted by atomic mass is 9.99. The van der Waals surface area contributed by atoms with Crippen molar-refractivity contribution in [3.63, 3.8) is 0 Å². The Morgan fingerprint density at radius 1 is 1.39 bits per heavy atom. The Balaban J connectivity index is 2.28. The predicted octanol–water partition coefficient (Wildman–Crippen LogP) is 3.54. The van der Waals surface area contributed by atoms with Gasteiger partial charge in [-0.05, 0) is 72.1 Å². The summed E-state index contributed by atoms with van der Waals surface area (Å²) in [6.45, 7) is 12.1. The molecule has 1 aromatic carbocycles. The Kier molecular flexibility index (Phi) is 5.47. The van der Waals surface area contributed by atoms with Gasteiger partial charge in [0.25, 0.3) is 5.56 Å². The van der Waals surface area contributed by atoms with Crippen LogP contribution in [0.2, 0.25) is 0 Å². The second-order valence-electron chi connectivity index (χ2n) is 8.73. The molecule has 1 aliphatic rings. The minimum absolute atomic E-state index is 0.105. The third-order valence-electron chi connectivity index (χ3n) is 5.15. The van der Waals surface area contributed by atoms with Crippen molar-refractivity contribution in [1.29, 1.82) is 0 Å². The molecular formula is C21H29N3O3S. The van der Waals surface area contributed by atoms with E-state index in [4.69, 9.17) is 9.72 Å². The molecule has 0 spiro atoms. The van der Waals surface area contributed by atoms with Crippen molar-refractivity contribution in [3.05, 3.63) is 39.4 Å². The highest BCUT2D eigenvalue weighted by atomic mass is 32.2. The number of nitrogens with zero attached hydrogens (tertiary/aromatic N) is 3. The fraction of sp³-hybridized carbons (Fsp3) is 0.571. The molecule has 2 heterocycles. The molecule has 1 saturated heterocycles. The molecule has 0 bridgehead atoms. The monoisotopic (exact) mass is 403 g/mol. The fourth-order valence-electron chi connectivity index (χ4n) is 3.53. The highest BCUT2D eigenvalue weighted by Gasteiger charge is 2.36. The van der Waals surface area contributed by atoms with Gasteiger partial charge >= 0.3 is 0 Å². The molecule has 6 nitrogen and oxygen atoms in total. The van der Waals surface area contributed by atoms with Crippen LogP contribution in [-0.2, 0) is 28.7 Å². The molecule has 7 heteroatoms. The first-order valence-corrected chi connectivity index (χ1v) is 10.7. The topological polar surface area (TPSA) is 79.5 Å². The first-order chi connectivity index (χ1) is 12.9. The summed E-state index contributed by atoms with van der Waals surface area (Å²) in [5.41, 5.74) is 2.20. The van der Waals surface area contributed by atoms with Crippen molar-refractivity contribution < 1.29 is 9.29 Å². The minimum atomic E-state index is -1.39. The third kappa shape index (κ3) is 3.75. The van der Waals surface area contributed by atoms with Crippen LogP contribution in [-0.4, -0.2) is 31.2 Å². The summed E-state index contributed by atoms with van der Waals surface area (Å²) < 4.78 is 24.0. The van der Waals surface area contributed by atoms with Crippen LogP contribution < -0.4 is 5.56 Å². The normalized spacial score (nSPS) is 22.1. The van der Waals surface area contributed by atoms with E-state index in [1.54, 1.807) is 11.6 Å². The largest absolute Gasteiger partial charge is 0.591 e. The molecule has 1 aromatic heterocycles. The molecule has 2 atom stereocenters. The van der Waals surface area contributed by atoms with E-state index in [1.165, 1.54) is 0 Å². The van der Waals surface area contributed by atoms with Gasteiger partial charge in [0, 0.05) is 19.2 Å². The fourth-order valence-corrected chi connectivity index (χ4v) is 4.16. The molecule has 1 unspecified atom stereocenters. The summed E-state index contributed by atoms with van der Waals surface area (Å²) in [5, 5.41) is 0.541. The van der Waals surface area contributed by atoms with Crippen LogP contribution in [0.5, 0.6) is 0 Å². The van der Waals surface area contributed by atoms with Crippen LogP contribution in [0.25, 0.3) is 10.9 Å². The number of fused-ring (bicyclic) bond motifs is 1. The summed E-state index contributed by atoms with van der Waals surface area (Å²) in [5.74, 6) is 0.623. The molecule has 1 fully saturated rings. The number of ether oxygens (including phenoxy) is 1. The van der Waals surface area contributed by atoms with Crippen molar-refractivity contribution in [1.82, 2.24) is 9.55 Å². The van der Waals surface area contributed by atoms with E-state index in [9.17, 15) is 9.35 Å². The van der Waals surface area contributed by atoms with Crippen molar-refractivity contribution >= 4 is 28.0 Å². The van der Waals surface area contributed by atoms with Gasteiger partial charge in [-0.2, -0.15) is 0 Å². The number of benzene rings is 1. The van der Waals surface area contributed by atoms with Gasteiger partial charge in [0.2, 0.25) is 0 Å². The Bertz CT molecular complexity index is 999. The Hall–Kier alpha value is -1.70. The number of hydrogen-bond acceptors (Lipinski definition) is 5. The lowest BCUT2D eigenvalue weighted by Crippen LogP contribution is -2.33. The quantitative estimate of drug-likeness (QED) is 0.580. The molecule has 0 N–H and O–H groups in total. The summed E-state index contributed by atoms with van der Waals surface area (Å²) >= 11 is -1.39. The molecule has 152 valence electrons. The second kappa shape index (κ2) is 7.28. The lowest BCUT2D eigenvalue weighted by molar-refractivity contribution is 0.00638. The third-order valence-corrected chi connectivity index (χ3v) is 6.64.